The summed E-state index contributed by atoms with van der Waals surface area (Å²) >= 11 is 2.19. The van der Waals surface area contributed by atoms with Gasteiger partial charge in [-0.1, -0.05) is 34.7 Å². The summed E-state index contributed by atoms with van der Waals surface area (Å²) in [7, 11) is 0. The van der Waals surface area contributed by atoms with Crippen molar-refractivity contribution in [2.75, 3.05) is 11.0 Å². The van der Waals surface area contributed by atoms with Crippen LogP contribution in [0.5, 0.6) is 0 Å². The van der Waals surface area contributed by atoms with E-state index in [0.717, 1.165) is 4.43 Å². The summed E-state index contributed by atoms with van der Waals surface area (Å²) in [5, 5.41) is 10.6. The van der Waals surface area contributed by atoms with E-state index in [1.54, 1.807) is 18.2 Å². The van der Waals surface area contributed by atoms with Crippen LogP contribution in [0, 0.1) is 10.1 Å². The molecular formula is C9H10INO3. The number of nitrogens with zero attached hydrogens (tertiary/aromatic N) is 1. The maximum Gasteiger partial charge on any atom is 0.274 e. The molecule has 0 fully saturated rings. The van der Waals surface area contributed by atoms with Crippen molar-refractivity contribution in [2.24, 2.45) is 0 Å². The highest BCUT2D eigenvalue weighted by molar-refractivity contribution is 14.1. The number of nitro groups is 1. The van der Waals surface area contributed by atoms with Gasteiger partial charge in [0.2, 0.25) is 0 Å². The predicted molar refractivity (Wildman–Crippen MR) is 61.6 cm³/mol. The average Bonchev–Trinajstić information content (AvgIpc) is 2.19. The summed E-state index contributed by atoms with van der Waals surface area (Å²) < 4.78 is 6.14. The molecule has 0 saturated carbocycles. The molecular weight excluding hydrogens is 297 g/mol. The highest BCUT2D eigenvalue weighted by atomic mass is 127. The molecule has 0 radical (unpaired) electrons. The first-order chi connectivity index (χ1) is 6.75. The van der Waals surface area contributed by atoms with Crippen LogP contribution >= 0.6 is 22.6 Å². The second-order valence-corrected chi connectivity index (χ2v) is 3.71. The van der Waals surface area contributed by atoms with E-state index >= 15 is 0 Å². The number of hydrogen-bond acceptors (Lipinski definition) is 3. The number of hydrogen-bond donors (Lipinski definition) is 0. The van der Waals surface area contributed by atoms with Crippen LogP contribution in [0.4, 0.5) is 5.69 Å². The maximum atomic E-state index is 10.6. The SMILES string of the molecule is O=[N+]([O-])c1ccccc1COCCI. The Labute approximate surface area is 95.6 Å². The lowest BCUT2D eigenvalue weighted by molar-refractivity contribution is -0.385. The minimum absolute atomic E-state index is 0.126. The summed E-state index contributed by atoms with van der Waals surface area (Å²) in [4.78, 5) is 10.2. The first-order valence-corrected chi connectivity index (χ1v) is 5.64. The lowest BCUT2D eigenvalue weighted by atomic mass is 10.2. The predicted octanol–water partition coefficient (Wildman–Crippen LogP) is 2.55. The van der Waals surface area contributed by atoms with Gasteiger partial charge >= 0.3 is 0 Å². The van der Waals surface area contributed by atoms with Crippen LogP contribution < -0.4 is 0 Å². The topological polar surface area (TPSA) is 52.4 Å². The Kier molecular flexibility index (Phi) is 4.81. The molecule has 1 aromatic carbocycles. The molecule has 0 aromatic heterocycles. The summed E-state index contributed by atoms with van der Waals surface area (Å²) in [5.74, 6) is 0. The molecule has 0 bridgehead atoms. The van der Waals surface area contributed by atoms with Crippen LogP contribution in [0.25, 0.3) is 0 Å². The minimum atomic E-state index is -0.386. The molecule has 0 amide bonds. The molecule has 4 nitrogen and oxygen atoms in total. The summed E-state index contributed by atoms with van der Waals surface area (Å²) in [6.45, 7) is 0.923. The van der Waals surface area contributed by atoms with Crippen molar-refractivity contribution in [3.8, 4) is 0 Å². The average molecular weight is 307 g/mol. The molecule has 0 spiro atoms. The number of halogens is 1. The van der Waals surface area contributed by atoms with Gasteiger partial charge in [0.1, 0.15) is 0 Å². The van der Waals surface area contributed by atoms with Crippen LogP contribution in [0.2, 0.25) is 0 Å². The quantitative estimate of drug-likeness (QED) is 0.276. The third-order valence-corrected chi connectivity index (χ3v) is 2.11. The molecule has 1 aromatic rings. The van der Waals surface area contributed by atoms with Gasteiger partial charge in [0.25, 0.3) is 5.69 Å². The number of benzene rings is 1. The third kappa shape index (κ3) is 3.22. The monoisotopic (exact) mass is 307 g/mol. The van der Waals surface area contributed by atoms with Gasteiger partial charge in [-0.25, -0.2) is 0 Å². The largest absolute Gasteiger partial charge is 0.376 e. The summed E-state index contributed by atoms with van der Waals surface area (Å²) in [6.07, 6.45) is 0. The van der Waals surface area contributed by atoms with Gasteiger partial charge in [-0.3, -0.25) is 10.1 Å². The molecule has 0 saturated heterocycles. The number of ether oxygens (including phenoxy) is 1. The molecule has 0 atom stereocenters. The van der Waals surface area contributed by atoms with E-state index in [2.05, 4.69) is 22.6 Å². The molecule has 0 aliphatic carbocycles. The second kappa shape index (κ2) is 5.92. The van der Waals surface area contributed by atoms with Gasteiger partial charge in [0, 0.05) is 10.5 Å². The van der Waals surface area contributed by atoms with Crippen molar-refractivity contribution < 1.29 is 9.66 Å². The zero-order valence-corrected chi connectivity index (χ0v) is 9.64. The van der Waals surface area contributed by atoms with Crippen LogP contribution in [0.1, 0.15) is 5.56 Å². The Morgan fingerprint density at radius 3 is 2.79 bits per heavy atom. The first-order valence-electron chi connectivity index (χ1n) is 4.11. The molecule has 1 rings (SSSR count). The smallest absolute Gasteiger partial charge is 0.274 e. The molecule has 0 aliphatic rings. The van der Waals surface area contributed by atoms with E-state index in [-0.39, 0.29) is 10.6 Å². The normalized spacial score (nSPS) is 10.1. The van der Waals surface area contributed by atoms with Gasteiger partial charge in [-0.2, -0.15) is 0 Å². The van der Waals surface area contributed by atoms with E-state index in [4.69, 9.17) is 4.74 Å². The Balaban J connectivity index is 2.69. The fourth-order valence-electron chi connectivity index (χ4n) is 1.05. The van der Waals surface area contributed by atoms with E-state index in [1.807, 2.05) is 0 Å². The van der Waals surface area contributed by atoms with E-state index in [0.29, 0.717) is 18.8 Å². The van der Waals surface area contributed by atoms with E-state index in [1.165, 1.54) is 6.07 Å². The van der Waals surface area contributed by atoms with Crippen molar-refractivity contribution in [3.63, 3.8) is 0 Å². The zero-order valence-electron chi connectivity index (χ0n) is 7.48. The second-order valence-electron chi connectivity index (χ2n) is 2.63. The lowest BCUT2D eigenvalue weighted by Gasteiger charge is -2.02. The fourth-order valence-corrected chi connectivity index (χ4v) is 1.36. The molecule has 0 aliphatic heterocycles. The number of alkyl halides is 1. The van der Waals surface area contributed by atoms with Crippen LogP contribution in [0.3, 0.4) is 0 Å². The van der Waals surface area contributed by atoms with Crippen LogP contribution in [-0.2, 0) is 11.3 Å². The third-order valence-electron chi connectivity index (χ3n) is 1.67. The van der Waals surface area contributed by atoms with Crippen molar-refractivity contribution in [1.29, 1.82) is 0 Å². The Bertz CT molecular complexity index is 317. The van der Waals surface area contributed by atoms with Crippen molar-refractivity contribution >= 4 is 28.3 Å². The molecule has 76 valence electrons. The number of rotatable bonds is 5. The number of para-hydroxylation sites is 1. The molecule has 0 N–H and O–H groups in total. The van der Waals surface area contributed by atoms with Gasteiger partial charge in [0.05, 0.1) is 23.7 Å². The van der Waals surface area contributed by atoms with Crippen molar-refractivity contribution in [3.05, 3.63) is 39.9 Å². The molecule has 14 heavy (non-hydrogen) atoms. The summed E-state index contributed by atoms with van der Waals surface area (Å²) in [5.41, 5.74) is 0.753. The van der Waals surface area contributed by atoms with E-state index in [9.17, 15) is 10.1 Å². The Morgan fingerprint density at radius 2 is 2.14 bits per heavy atom. The van der Waals surface area contributed by atoms with Crippen LogP contribution in [-0.4, -0.2) is 16.0 Å². The Hall–Kier alpha value is -0.690. The van der Waals surface area contributed by atoms with Crippen molar-refractivity contribution in [2.45, 2.75) is 6.61 Å². The van der Waals surface area contributed by atoms with Gasteiger partial charge in [0.15, 0.2) is 0 Å². The minimum Gasteiger partial charge on any atom is -0.376 e. The zero-order chi connectivity index (χ0) is 10.4. The standard InChI is InChI=1S/C9H10INO3/c10-5-6-14-7-8-3-1-2-4-9(8)11(12)13/h1-4H,5-7H2. The highest BCUT2D eigenvalue weighted by Crippen LogP contribution is 2.18. The molecule has 0 heterocycles. The summed E-state index contributed by atoms with van der Waals surface area (Å²) in [6, 6.07) is 6.63. The van der Waals surface area contributed by atoms with E-state index < -0.39 is 0 Å². The molecule has 0 unspecified atom stereocenters. The van der Waals surface area contributed by atoms with Gasteiger partial charge in [-0.15, -0.1) is 0 Å². The van der Waals surface area contributed by atoms with Crippen molar-refractivity contribution in [1.82, 2.24) is 0 Å². The lowest BCUT2D eigenvalue weighted by Crippen LogP contribution is -1.99. The van der Waals surface area contributed by atoms with Crippen LogP contribution in [0.15, 0.2) is 24.3 Å². The Morgan fingerprint density at radius 1 is 1.43 bits per heavy atom. The maximum absolute atomic E-state index is 10.6. The van der Waals surface area contributed by atoms with Gasteiger partial charge < -0.3 is 4.74 Å². The van der Waals surface area contributed by atoms with Gasteiger partial charge in [-0.05, 0) is 6.07 Å². The first kappa shape index (κ1) is 11.4. The highest BCUT2D eigenvalue weighted by Gasteiger charge is 2.11. The fraction of sp³-hybridized carbons (Fsp3) is 0.333. The number of nitro benzene ring substituents is 1. The molecule has 5 heteroatoms.